The molecule has 1 rings (SSSR count). The van der Waals surface area contributed by atoms with Crippen molar-refractivity contribution in [3.05, 3.63) is 29.8 Å². The first-order valence-corrected chi connectivity index (χ1v) is 8.47. The summed E-state index contributed by atoms with van der Waals surface area (Å²) < 4.78 is 11.3. The SMILES string of the molecule is CC(C)NCC(O)COc1ccc(CCOCC(C)(C)C)cc1. The fourth-order valence-electron chi connectivity index (χ4n) is 1.94. The summed E-state index contributed by atoms with van der Waals surface area (Å²) >= 11 is 0. The molecular formula is C19H33NO3. The van der Waals surface area contributed by atoms with Gasteiger partial charge in [-0.2, -0.15) is 0 Å². The fourth-order valence-corrected chi connectivity index (χ4v) is 1.94. The molecule has 1 aromatic rings. The summed E-state index contributed by atoms with van der Waals surface area (Å²) in [7, 11) is 0. The smallest absolute Gasteiger partial charge is 0.119 e. The first kappa shape index (κ1) is 19.9. The zero-order valence-corrected chi connectivity index (χ0v) is 15.3. The highest BCUT2D eigenvalue weighted by Crippen LogP contribution is 2.15. The van der Waals surface area contributed by atoms with E-state index in [1.807, 2.05) is 12.1 Å². The molecule has 0 saturated heterocycles. The second-order valence-corrected chi connectivity index (χ2v) is 7.53. The van der Waals surface area contributed by atoms with E-state index in [0.717, 1.165) is 25.4 Å². The van der Waals surface area contributed by atoms with Crippen LogP contribution < -0.4 is 10.1 Å². The highest BCUT2D eigenvalue weighted by molar-refractivity contribution is 5.27. The average Bonchev–Trinajstić information content (AvgIpc) is 2.47. The molecule has 1 atom stereocenters. The summed E-state index contributed by atoms with van der Waals surface area (Å²) in [6, 6.07) is 8.36. The number of aliphatic hydroxyl groups is 1. The largest absolute Gasteiger partial charge is 0.491 e. The van der Waals surface area contributed by atoms with Gasteiger partial charge in [-0.25, -0.2) is 0 Å². The van der Waals surface area contributed by atoms with Gasteiger partial charge in [0.2, 0.25) is 0 Å². The van der Waals surface area contributed by atoms with Crippen LogP contribution in [-0.2, 0) is 11.2 Å². The Morgan fingerprint density at radius 3 is 2.35 bits per heavy atom. The summed E-state index contributed by atoms with van der Waals surface area (Å²) in [5.41, 5.74) is 1.44. The van der Waals surface area contributed by atoms with E-state index in [4.69, 9.17) is 9.47 Å². The van der Waals surface area contributed by atoms with E-state index in [2.05, 4.69) is 52.1 Å². The van der Waals surface area contributed by atoms with Gasteiger partial charge in [-0.1, -0.05) is 46.8 Å². The molecular weight excluding hydrogens is 290 g/mol. The van der Waals surface area contributed by atoms with E-state index in [0.29, 0.717) is 19.2 Å². The highest BCUT2D eigenvalue weighted by atomic mass is 16.5. The number of hydrogen-bond donors (Lipinski definition) is 2. The lowest BCUT2D eigenvalue weighted by Gasteiger charge is -2.18. The molecule has 4 heteroatoms. The molecule has 0 aliphatic carbocycles. The van der Waals surface area contributed by atoms with Gasteiger partial charge < -0.3 is 19.9 Å². The maximum atomic E-state index is 9.82. The van der Waals surface area contributed by atoms with Crippen molar-refractivity contribution in [2.75, 3.05) is 26.4 Å². The molecule has 4 nitrogen and oxygen atoms in total. The van der Waals surface area contributed by atoms with Crippen molar-refractivity contribution in [3.8, 4) is 5.75 Å². The van der Waals surface area contributed by atoms with Gasteiger partial charge in [0.1, 0.15) is 18.5 Å². The fraction of sp³-hybridized carbons (Fsp3) is 0.684. The molecule has 0 heterocycles. The van der Waals surface area contributed by atoms with Crippen molar-refractivity contribution < 1.29 is 14.6 Å². The van der Waals surface area contributed by atoms with E-state index >= 15 is 0 Å². The van der Waals surface area contributed by atoms with Crippen molar-refractivity contribution in [1.29, 1.82) is 0 Å². The van der Waals surface area contributed by atoms with Crippen LogP contribution in [0.2, 0.25) is 0 Å². The molecule has 0 amide bonds. The third kappa shape index (κ3) is 10.3. The van der Waals surface area contributed by atoms with Gasteiger partial charge in [0.15, 0.2) is 0 Å². The summed E-state index contributed by atoms with van der Waals surface area (Å²) in [6.07, 6.45) is 0.403. The third-order valence-electron chi connectivity index (χ3n) is 3.20. The molecule has 1 aromatic carbocycles. The predicted octanol–water partition coefficient (Wildman–Crippen LogP) is 3.03. The zero-order chi connectivity index (χ0) is 17.3. The molecule has 0 bridgehead atoms. The van der Waals surface area contributed by atoms with Gasteiger partial charge in [-0.15, -0.1) is 0 Å². The van der Waals surface area contributed by atoms with Crippen molar-refractivity contribution in [1.82, 2.24) is 5.32 Å². The lowest BCUT2D eigenvalue weighted by Crippen LogP contribution is -2.35. The van der Waals surface area contributed by atoms with Crippen LogP contribution >= 0.6 is 0 Å². The first-order valence-electron chi connectivity index (χ1n) is 8.47. The van der Waals surface area contributed by atoms with Crippen molar-refractivity contribution in [3.63, 3.8) is 0 Å². The summed E-state index contributed by atoms with van der Waals surface area (Å²) in [6.45, 7) is 13.0. The Morgan fingerprint density at radius 1 is 1.13 bits per heavy atom. The number of ether oxygens (including phenoxy) is 2. The Bertz CT molecular complexity index is 423. The minimum Gasteiger partial charge on any atom is -0.491 e. The van der Waals surface area contributed by atoms with Crippen LogP contribution in [-0.4, -0.2) is 43.6 Å². The van der Waals surface area contributed by atoms with Gasteiger partial charge >= 0.3 is 0 Å². The maximum absolute atomic E-state index is 9.82. The molecule has 0 spiro atoms. The Kier molecular flexibility index (Phi) is 8.59. The number of nitrogens with one attached hydrogen (secondary N) is 1. The Morgan fingerprint density at radius 2 is 1.78 bits per heavy atom. The van der Waals surface area contributed by atoms with Crippen LogP contribution in [0.1, 0.15) is 40.2 Å². The minimum atomic E-state index is -0.497. The van der Waals surface area contributed by atoms with Gasteiger partial charge in [0.05, 0.1) is 13.2 Å². The summed E-state index contributed by atoms with van der Waals surface area (Å²) in [5.74, 6) is 0.785. The van der Waals surface area contributed by atoms with Crippen molar-refractivity contribution >= 4 is 0 Å². The van der Waals surface area contributed by atoms with Crippen LogP contribution in [0.4, 0.5) is 0 Å². The van der Waals surface area contributed by atoms with E-state index < -0.39 is 6.10 Å². The van der Waals surface area contributed by atoms with Crippen LogP contribution in [0, 0.1) is 5.41 Å². The monoisotopic (exact) mass is 323 g/mol. The minimum absolute atomic E-state index is 0.211. The lowest BCUT2D eigenvalue weighted by atomic mass is 9.99. The molecule has 0 aliphatic heterocycles. The molecule has 0 radical (unpaired) electrons. The van der Waals surface area contributed by atoms with Crippen LogP contribution in [0.15, 0.2) is 24.3 Å². The van der Waals surface area contributed by atoms with E-state index in [-0.39, 0.29) is 5.41 Å². The Balaban J connectivity index is 2.25. The molecule has 0 saturated carbocycles. The summed E-state index contributed by atoms with van der Waals surface area (Å²) in [5, 5.41) is 13.0. The van der Waals surface area contributed by atoms with Gasteiger partial charge in [0, 0.05) is 12.6 Å². The average molecular weight is 323 g/mol. The van der Waals surface area contributed by atoms with E-state index in [9.17, 15) is 5.11 Å². The van der Waals surface area contributed by atoms with Crippen LogP contribution in [0.5, 0.6) is 5.75 Å². The standard InChI is InChI=1S/C19H33NO3/c1-15(2)20-12-17(21)13-23-18-8-6-16(7-9-18)10-11-22-14-19(3,4)5/h6-9,15,17,20-21H,10-14H2,1-5H3. The first-order chi connectivity index (χ1) is 10.8. The molecule has 0 aliphatic rings. The van der Waals surface area contributed by atoms with Crippen molar-refractivity contribution in [2.24, 2.45) is 5.41 Å². The van der Waals surface area contributed by atoms with Gasteiger partial charge in [0.25, 0.3) is 0 Å². The molecule has 1 unspecified atom stereocenters. The maximum Gasteiger partial charge on any atom is 0.119 e. The third-order valence-corrected chi connectivity index (χ3v) is 3.20. The molecule has 132 valence electrons. The quantitative estimate of drug-likeness (QED) is 0.650. The second kappa shape index (κ2) is 9.91. The Labute approximate surface area is 141 Å². The van der Waals surface area contributed by atoms with Crippen LogP contribution in [0.3, 0.4) is 0 Å². The number of hydrogen-bond acceptors (Lipinski definition) is 4. The lowest BCUT2D eigenvalue weighted by molar-refractivity contribution is 0.0733. The normalized spacial score (nSPS) is 13.3. The topological polar surface area (TPSA) is 50.7 Å². The molecule has 0 fully saturated rings. The number of aliphatic hydroxyl groups excluding tert-OH is 1. The van der Waals surface area contributed by atoms with Gasteiger partial charge in [-0.05, 0) is 29.5 Å². The van der Waals surface area contributed by atoms with Gasteiger partial charge in [-0.3, -0.25) is 0 Å². The molecule has 23 heavy (non-hydrogen) atoms. The van der Waals surface area contributed by atoms with E-state index in [1.165, 1.54) is 5.56 Å². The Hall–Kier alpha value is -1.10. The highest BCUT2D eigenvalue weighted by Gasteiger charge is 2.09. The second-order valence-electron chi connectivity index (χ2n) is 7.53. The zero-order valence-electron chi connectivity index (χ0n) is 15.3. The van der Waals surface area contributed by atoms with Crippen molar-refractivity contribution in [2.45, 2.75) is 53.2 Å². The number of benzene rings is 1. The number of rotatable bonds is 10. The summed E-state index contributed by atoms with van der Waals surface area (Å²) in [4.78, 5) is 0. The predicted molar refractivity (Wildman–Crippen MR) is 95.1 cm³/mol. The van der Waals surface area contributed by atoms with E-state index in [1.54, 1.807) is 0 Å². The molecule has 0 aromatic heterocycles. The molecule has 2 N–H and O–H groups in total. The van der Waals surface area contributed by atoms with Crippen LogP contribution in [0.25, 0.3) is 0 Å².